The molecule has 0 heterocycles. The van der Waals surface area contributed by atoms with Crippen LogP contribution in [0.2, 0.25) is 0 Å². The van der Waals surface area contributed by atoms with Gasteiger partial charge in [0.2, 0.25) is 5.91 Å². The molecule has 4 heteroatoms. The molecule has 78 valence electrons. The van der Waals surface area contributed by atoms with Gasteiger partial charge in [0, 0.05) is 12.0 Å². The number of carbonyl (C=O) groups is 2. The van der Waals surface area contributed by atoms with Gasteiger partial charge in [-0.15, -0.1) is 0 Å². The lowest BCUT2D eigenvalue weighted by Crippen LogP contribution is -2.43. The summed E-state index contributed by atoms with van der Waals surface area (Å²) in [6.07, 6.45) is 4.96. The monoisotopic (exact) mass is 197 g/mol. The van der Waals surface area contributed by atoms with Gasteiger partial charge in [0.25, 0.3) is 0 Å². The minimum absolute atomic E-state index is 0.0705. The molecule has 0 aromatic rings. The van der Waals surface area contributed by atoms with E-state index in [2.05, 4.69) is 0 Å². The second kappa shape index (κ2) is 3.59. The lowest BCUT2D eigenvalue weighted by molar-refractivity contribution is -0.148. The van der Waals surface area contributed by atoms with Crippen LogP contribution in [0.5, 0.6) is 0 Å². The summed E-state index contributed by atoms with van der Waals surface area (Å²) in [7, 11) is 0. The van der Waals surface area contributed by atoms with Crippen molar-refractivity contribution in [2.45, 2.75) is 38.1 Å². The normalized spacial score (nSPS) is 21.4. The Labute approximate surface area is 82.9 Å². The summed E-state index contributed by atoms with van der Waals surface area (Å²) in [4.78, 5) is 23.9. The molecule has 0 aromatic carbocycles. The highest BCUT2D eigenvalue weighted by Crippen LogP contribution is 2.33. The smallest absolute Gasteiger partial charge is 0.323 e. The molecule has 1 N–H and O–H groups in total. The van der Waals surface area contributed by atoms with Gasteiger partial charge in [-0.25, -0.2) is 0 Å². The van der Waals surface area contributed by atoms with Crippen molar-refractivity contribution < 1.29 is 14.7 Å². The van der Waals surface area contributed by atoms with E-state index in [9.17, 15) is 9.59 Å². The molecule has 0 atom stereocenters. The van der Waals surface area contributed by atoms with Crippen LogP contribution in [0.15, 0.2) is 0 Å². The van der Waals surface area contributed by atoms with E-state index in [1.165, 1.54) is 0 Å². The van der Waals surface area contributed by atoms with Gasteiger partial charge in [0.1, 0.15) is 6.54 Å². The zero-order valence-corrected chi connectivity index (χ0v) is 8.11. The fourth-order valence-electron chi connectivity index (χ4n) is 1.81. The number of carboxylic acid groups (broad SMARTS) is 1. The molecule has 2 aliphatic rings. The van der Waals surface area contributed by atoms with Crippen LogP contribution in [0.1, 0.15) is 32.1 Å². The maximum absolute atomic E-state index is 11.8. The zero-order valence-electron chi connectivity index (χ0n) is 8.11. The van der Waals surface area contributed by atoms with Crippen LogP contribution >= 0.6 is 0 Å². The second-order valence-corrected chi connectivity index (χ2v) is 4.22. The molecule has 0 radical (unpaired) electrons. The Morgan fingerprint density at radius 1 is 1.21 bits per heavy atom. The van der Waals surface area contributed by atoms with Crippen molar-refractivity contribution in [3.63, 3.8) is 0 Å². The zero-order chi connectivity index (χ0) is 10.1. The van der Waals surface area contributed by atoms with Crippen LogP contribution in [0, 0.1) is 5.92 Å². The van der Waals surface area contributed by atoms with E-state index in [-0.39, 0.29) is 24.4 Å². The van der Waals surface area contributed by atoms with Crippen molar-refractivity contribution in [2.75, 3.05) is 6.54 Å². The average molecular weight is 197 g/mol. The molecule has 0 spiro atoms. The van der Waals surface area contributed by atoms with Crippen LogP contribution in [0.4, 0.5) is 0 Å². The molecule has 2 rings (SSSR count). The molecule has 2 fully saturated rings. The van der Waals surface area contributed by atoms with E-state index < -0.39 is 5.97 Å². The maximum Gasteiger partial charge on any atom is 0.323 e. The molecule has 2 saturated carbocycles. The van der Waals surface area contributed by atoms with Crippen LogP contribution in [0.3, 0.4) is 0 Å². The topological polar surface area (TPSA) is 57.6 Å². The molecule has 0 unspecified atom stereocenters. The van der Waals surface area contributed by atoms with E-state index in [0.29, 0.717) is 0 Å². The number of carboxylic acids is 1. The van der Waals surface area contributed by atoms with E-state index in [4.69, 9.17) is 5.11 Å². The quantitative estimate of drug-likeness (QED) is 0.727. The third-order valence-corrected chi connectivity index (χ3v) is 3.03. The van der Waals surface area contributed by atoms with Crippen LogP contribution in [-0.4, -0.2) is 34.5 Å². The standard InChI is InChI=1S/C10H15NO3/c12-9(13)6-11(8-4-5-8)10(14)7-2-1-3-7/h7-8H,1-6H2,(H,12,13). The summed E-state index contributed by atoms with van der Waals surface area (Å²) in [6, 6.07) is 0.221. The van der Waals surface area contributed by atoms with Gasteiger partial charge in [-0.1, -0.05) is 6.42 Å². The van der Waals surface area contributed by atoms with Crippen molar-refractivity contribution in [1.29, 1.82) is 0 Å². The Balaban J connectivity index is 1.94. The molecule has 4 nitrogen and oxygen atoms in total. The van der Waals surface area contributed by atoms with E-state index in [1.807, 2.05) is 0 Å². The van der Waals surface area contributed by atoms with Gasteiger partial charge in [-0.3, -0.25) is 9.59 Å². The first kappa shape index (κ1) is 9.49. The molecule has 2 aliphatic carbocycles. The molecule has 14 heavy (non-hydrogen) atoms. The third kappa shape index (κ3) is 1.89. The van der Waals surface area contributed by atoms with Gasteiger partial charge in [-0.05, 0) is 25.7 Å². The summed E-state index contributed by atoms with van der Waals surface area (Å²) in [6.45, 7) is -0.111. The van der Waals surface area contributed by atoms with Crippen LogP contribution in [-0.2, 0) is 9.59 Å². The van der Waals surface area contributed by atoms with Crippen molar-refractivity contribution in [3.05, 3.63) is 0 Å². The predicted molar refractivity (Wildman–Crippen MR) is 49.7 cm³/mol. The maximum atomic E-state index is 11.8. The lowest BCUT2D eigenvalue weighted by atomic mass is 9.84. The first-order chi connectivity index (χ1) is 6.68. The van der Waals surface area contributed by atoms with Crippen LogP contribution < -0.4 is 0 Å². The Kier molecular flexibility index (Phi) is 2.44. The second-order valence-electron chi connectivity index (χ2n) is 4.22. The summed E-state index contributed by atoms with van der Waals surface area (Å²) in [5.41, 5.74) is 0. The summed E-state index contributed by atoms with van der Waals surface area (Å²) < 4.78 is 0. The van der Waals surface area contributed by atoms with Gasteiger partial charge in [0.05, 0.1) is 0 Å². The molecule has 1 amide bonds. The molecule has 0 aromatic heterocycles. The Morgan fingerprint density at radius 3 is 2.21 bits per heavy atom. The molecule has 0 saturated heterocycles. The summed E-state index contributed by atoms with van der Waals surface area (Å²) >= 11 is 0. The van der Waals surface area contributed by atoms with Crippen molar-refractivity contribution >= 4 is 11.9 Å². The van der Waals surface area contributed by atoms with Crippen molar-refractivity contribution in [2.24, 2.45) is 5.92 Å². The van der Waals surface area contributed by atoms with Gasteiger partial charge >= 0.3 is 5.97 Å². The fraction of sp³-hybridized carbons (Fsp3) is 0.800. The first-order valence-electron chi connectivity index (χ1n) is 5.21. The highest BCUT2D eigenvalue weighted by molar-refractivity contribution is 5.84. The van der Waals surface area contributed by atoms with E-state index in [1.54, 1.807) is 4.90 Å². The Hall–Kier alpha value is -1.06. The molecule has 0 aliphatic heterocycles. The number of rotatable bonds is 4. The molecular weight excluding hydrogens is 182 g/mol. The number of aliphatic carboxylic acids is 1. The molecular formula is C10H15NO3. The van der Waals surface area contributed by atoms with Gasteiger partial charge in [0.15, 0.2) is 0 Å². The fourth-order valence-corrected chi connectivity index (χ4v) is 1.81. The van der Waals surface area contributed by atoms with Crippen LogP contribution in [0.25, 0.3) is 0 Å². The number of carbonyl (C=O) groups excluding carboxylic acids is 1. The number of amides is 1. The first-order valence-corrected chi connectivity index (χ1v) is 5.21. The average Bonchev–Trinajstić information content (AvgIpc) is 2.78. The van der Waals surface area contributed by atoms with Gasteiger partial charge < -0.3 is 10.0 Å². The molecule has 0 bridgehead atoms. The Morgan fingerprint density at radius 2 is 1.86 bits per heavy atom. The number of hydrogen-bond donors (Lipinski definition) is 1. The lowest BCUT2D eigenvalue weighted by Gasteiger charge is -2.30. The third-order valence-electron chi connectivity index (χ3n) is 3.03. The largest absolute Gasteiger partial charge is 0.480 e. The predicted octanol–water partition coefficient (Wildman–Crippen LogP) is 0.862. The minimum atomic E-state index is -0.899. The number of nitrogens with zero attached hydrogens (tertiary/aromatic N) is 1. The SMILES string of the molecule is O=C(O)CN(C(=O)C1CCC1)C1CC1. The Bertz CT molecular complexity index is 256. The van der Waals surface area contributed by atoms with Crippen molar-refractivity contribution in [3.8, 4) is 0 Å². The summed E-state index contributed by atoms with van der Waals surface area (Å²) in [5, 5.41) is 8.69. The summed E-state index contributed by atoms with van der Waals surface area (Å²) in [5.74, 6) is -0.708. The van der Waals surface area contributed by atoms with E-state index >= 15 is 0 Å². The van der Waals surface area contributed by atoms with Gasteiger partial charge in [-0.2, -0.15) is 0 Å². The highest BCUT2D eigenvalue weighted by atomic mass is 16.4. The van der Waals surface area contributed by atoms with E-state index in [0.717, 1.165) is 32.1 Å². The number of hydrogen-bond acceptors (Lipinski definition) is 2. The van der Waals surface area contributed by atoms with Crippen molar-refractivity contribution in [1.82, 2.24) is 4.90 Å². The minimum Gasteiger partial charge on any atom is -0.480 e. The highest BCUT2D eigenvalue weighted by Gasteiger charge is 2.38.